The van der Waals surface area contributed by atoms with Crippen LogP contribution in [0.2, 0.25) is 0 Å². The first-order valence-corrected chi connectivity index (χ1v) is 7.68. The number of anilines is 1. The monoisotopic (exact) mass is 285 g/mol. The molecule has 0 spiro atoms. The molecule has 6 nitrogen and oxygen atoms in total. The highest BCUT2D eigenvalue weighted by Gasteiger charge is 2.25. The van der Waals surface area contributed by atoms with Gasteiger partial charge in [0, 0.05) is 18.3 Å². The molecule has 1 aliphatic rings. The molecule has 0 heterocycles. The van der Waals surface area contributed by atoms with Crippen LogP contribution < -0.4 is 15.6 Å². The third-order valence-electron chi connectivity index (χ3n) is 3.15. The van der Waals surface area contributed by atoms with E-state index >= 15 is 0 Å². The zero-order valence-electron chi connectivity index (χ0n) is 10.9. The molecule has 4 N–H and O–H groups in total. The lowest BCUT2D eigenvalue weighted by atomic mass is 10.3. The summed E-state index contributed by atoms with van der Waals surface area (Å²) in [6.45, 7) is 1.17. The second kappa shape index (κ2) is 5.36. The van der Waals surface area contributed by atoms with Crippen LogP contribution in [0, 0.1) is 0 Å². The highest BCUT2D eigenvalue weighted by Crippen LogP contribution is 2.26. The van der Waals surface area contributed by atoms with E-state index in [0.29, 0.717) is 18.3 Å². The van der Waals surface area contributed by atoms with E-state index in [1.807, 2.05) is 7.05 Å². The topological polar surface area (TPSA) is 98.7 Å². The van der Waals surface area contributed by atoms with Crippen molar-refractivity contribution in [1.29, 1.82) is 0 Å². The molecule has 0 aliphatic heterocycles. The number of rotatable bonds is 6. The van der Waals surface area contributed by atoms with Crippen LogP contribution in [0.5, 0.6) is 5.75 Å². The summed E-state index contributed by atoms with van der Waals surface area (Å²) < 4.78 is 28.4. The summed E-state index contributed by atoms with van der Waals surface area (Å²) in [5.74, 6) is 0.251. The summed E-state index contributed by atoms with van der Waals surface area (Å²) >= 11 is 0. The first-order chi connectivity index (χ1) is 8.88. The summed E-state index contributed by atoms with van der Waals surface area (Å²) in [7, 11) is -1.80. The van der Waals surface area contributed by atoms with Gasteiger partial charge in [-0.3, -0.25) is 0 Å². The summed E-state index contributed by atoms with van der Waals surface area (Å²) in [4.78, 5) is 2.13. The molecule has 0 amide bonds. The van der Waals surface area contributed by atoms with Crippen LogP contribution in [0.4, 0.5) is 5.69 Å². The molecule has 0 aromatic heterocycles. The number of nitrogen functional groups attached to an aromatic ring is 1. The van der Waals surface area contributed by atoms with E-state index in [1.165, 1.54) is 25.0 Å². The van der Waals surface area contributed by atoms with Gasteiger partial charge in [0.25, 0.3) is 0 Å². The van der Waals surface area contributed by atoms with Crippen molar-refractivity contribution in [2.45, 2.75) is 23.8 Å². The molecule has 0 saturated heterocycles. The van der Waals surface area contributed by atoms with Crippen LogP contribution in [0.15, 0.2) is 23.1 Å². The molecule has 1 aromatic rings. The van der Waals surface area contributed by atoms with Crippen LogP contribution in [-0.2, 0) is 10.0 Å². The number of hydrogen-bond acceptors (Lipinski definition) is 5. The Kier molecular flexibility index (Phi) is 3.98. The number of hydrogen-bond donors (Lipinski definition) is 2. The van der Waals surface area contributed by atoms with Crippen molar-refractivity contribution < 1.29 is 13.2 Å². The quantitative estimate of drug-likeness (QED) is 0.737. The average Bonchev–Trinajstić information content (AvgIpc) is 3.13. The Balaban J connectivity index is 2.03. The Hall–Kier alpha value is -1.31. The second-order valence-corrected chi connectivity index (χ2v) is 6.34. The van der Waals surface area contributed by atoms with E-state index in [9.17, 15) is 8.42 Å². The molecular formula is C12H19N3O3S. The standard InChI is InChI=1S/C12H19N3O3S/c1-15(10-3-4-10)6-7-18-11-5-2-9(13)8-12(11)19(14,16)17/h2,5,8,10H,3-4,6-7,13H2,1H3,(H2,14,16,17). The summed E-state index contributed by atoms with van der Waals surface area (Å²) in [5.41, 5.74) is 5.90. The summed E-state index contributed by atoms with van der Waals surface area (Å²) in [6, 6.07) is 5.09. The lowest BCUT2D eigenvalue weighted by molar-refractivity contribution is 0.228. The van der Waals surface area contributed by atoms with Crippen molar-refractivity contribution in [1.82, 2.24) is 4.90 Å². The Morgan fingerprint density at radius 2 is 2.11 bits per heavy atom. The number of likely N-dealkylation sites (N-methyl/N-ethyl adjacent to an activating group) is 1. The molecule has 1 saturated carbocycles. The number of sulfonamides is 1. The van der Waals surface area contributed by atoms with E-state index in [1.54, 1.807) is 6.07 Å². The largest absolute Gasteiger partial charge is 0.491 e. The van der Waals surface area contributed by atoms with Crippen molar-refractivity contribution in [2.75, 3.05) is 25.9 Å². The van der Waals surface area contributed by atoms with E-state index in [2.05, 4.69) is 4.90 Å². The minimum atomic E-state index is -3.83. The van der Waals surface area contributed by atoms with Gasteiger partial charge in [0.1, 0.15) is 17.3 Å². The molecule has 0 unspecified atom stereocenters. The van der Waals surface area contributed by atoms with Gasteiger partial charge in [-0.1, -0.05) is 0 Å². The number of nitrogens with zero attached hydrogens (tertiary/aromatic N) is 1. The SMILES string of the molecule is CN(CCOc1ccc(N)cc1S(N)(=O)=O)C1CC1. The number of nitrogens with two attached hydrogens (primary N) is 2. The highest BCUT2D eigenvalue weighted by molar-refractivity contribution is 7.89. The van der Waals surface area contributed by atoms with E-state index in [4.69, 9.17) is 15.6 Å². The van der Waals surface area contributed by atoms with Crippen LogP contribution in [0.1, 0.15) is 12.8 Å². The third-order valence-corrected chi connectivity index (χ3v) is 4.08. The number of ether oxygens (including phenoxy) is 1. The van der Waals surface area contributed by atoms with Crippen molar-refractivity contribution in [3.63, 3.8) is 0 Å². The lowest BCUT2D eigenvalue weighted by Crippen LogP contribution is -2.26. The van der Waals surface area contributed by atoms with E-state index in [-0.39, 0.29) is 10.6 Å². The highest BCUT2D eigenvalue weighted by atomic mass is 32.2. The Morgan fingerprint density at radius 1 is 1.42 bits per heavy atom. The molecule has 2 rings (SSSR count). The Bertz CT molecular complexity index is 555. The molecule has 1 aromatic carbocycles. The van der Waals surface area contributed by atoms with Gasteiger partial charge in [0.15, 0.2) is 0 Å². The van der Waals surface area contributed by atoms with Crippen LogP contribution in [0.25, 0.3) is 0 Å². The van der Waals surface area contributed by atoms with Crippen LogP contribution in [-0.4, -0.2) is 39.6 Å². The van der Waals surface area contributed by atoms with Crippen molar-refractivity contribution >= 4 is 15.7 Å². The molecule has 0 radical (unpaired) electrons. The van der Waals surface area contributed by atoms with Gasteiger partial charge in [-0.25, -0.2) is 13.6 Å². The lowest BCUT2D eigenvalue weighted by Gasteiger charge is -2.17. The first-order valence-electron chi connectivity index (χ1n) is 6.13. The normalized spacial score (nSPS) is 15.7. The zero-order chi connectivity index (χ0) is 14.0. The summed E-state index contributed by atoms with van der Waals surface area (Å²) in [6.07, 6.45) is 2.45. The van der Waals surface area contributed by atoms with Gasteiger partial charge in [-0.2, -0.15) is 0 Å². The fourth-order valence-electron chi connectivity index (χ4n) is 1.86. The van der Waals surface area contributed by atoms with Crippen LogP contribution in [0.3, 0.4) is 0 Å². The average molecular weight is 285 g/mol. The fraction of sp³-hybridized carbons (Fsp3) is 0.500. The van der Waals surface area contributed by atoms with Gasteiger partial charge in [0.05, 0.1) is 0 Å². The van der Waals surface area contributed by atoms with Crippen molar-refractivity contribution in [3.05, 3.63) is 18.2 Å². The van der Waals surface area contributed by atoms with Gasteiger partial charge in [-0.05, 0) is 38.1 Å². The minimum Gasteiger partial charge on any atom is -0.491 e. The molecule has 0 atom stereocenters. The van der Waals surface area contributed by atoms with Gasteiger partial charge in [-0.15, -0.1) is 0 Å². The second-order valence-electron chi connectivity index (χ2n) is 4.81. The molecule has 1 aliphatic carbocycles. The van der Waals surface area contributed by atoms with Gasteiger partial charge < -0.3 is 15.4 Å². The zero-order valence-corrected chi connectivity index (χ0v) is 11.7. The number of primary sulfonamides is 1. The molecule has 19 heavy (non-hydrogen) atoms. The Labute approximate surface area is 113 Å². The summed E-state index contributed by atoms with van der Waals surface area (Å²) in [5, 5.41) is 5.14. The predicted molar refractivity (Wildman–Crippen MR) is 73.4 cm³/mol. The van der Waals surface area contributed by atoms with Crippen molar-refractivity contribution in [3.8, 4) is 5.75 Å². The maximum atomic E-state index is 11.5. The van der Waals surface area contributed by atoms with E-state index < -0.39 is 10.0 Å². The van der Waals surface area contributed by atoms with Gasteiger partial charge >= 0.3 is 0 Å². The number of benzene rings is 1. The maximum absolute atomic E-state index is 11.5. The Morgan fingerprint density at radius 3 is 2.68 bits per heavy atom. The third kappa shape index (κ3) is 3.82. The van der Waals surface area contributed by atoms with E-state index in [0.717, 1.165) is 6.54 Å². The molecule has 106 valence electrons. The minimum absolute atomic E-state index is 0.0680. The smallest absolute Gasteiger partial charge is 0.241 e. The predicted octanol–water partition coefficient (Wildman–Crippen LogP) is 0.389. The van der Waals surface area contributed by atoms with Gasteiger partial charge in [0.2, 0.25) is 10.0 Å². The molecular weight excluding hydrogens is 266 g/mol. The molecule has 0 bridgehead atoms. The molecule has 7 heteroatoms. The maximum Gasteiger partial charge on any atom is 0.241 e. The van der Waals surface area contributed by atoms with Crippen LogP contribution >= 0.6 is 0 Å². The fourth-order valence-corrected chi connectivity index (χ4v) is 2.57. The molecule has 1 fully saturated rings. The van der Waals surface area contributed by atoms with Crippen molar-refractivity contribution in [2.24, 2.45) is 5.14 Å². The first kappa shape index (κ1) is 14.1.